The number of hydrogen-bond acceptors (Lipinski definition) is 8. The number of nitrogens with zero attached hydrogens (tertiary/aromatic N) is 6. The number of benzene rings is 1. The van der Waals surface area contributed by atoms with E-state index in [4.69, 9.17) is 4.74 Å². The predicted octanol–water partition coefficient (Wildman–Crippen LogP) is 1.81. The monoisotopic (exact) mass is 496 g/mol. The van der Waals surface area contributed by atoms with Crippen LogP contribution in [0.25, 0.3) is 16.7 Å². The molecule has 0 unspecified atom stereocenters. The lowest BCUT2D eigenvalue weighted by atomic mass is 10.1. The molecule has 0 spiro atoms. The van der Waals surface area contributed by atoms with Crippen molar-refractivity contribution in [2.45, 2.75) is 51.0 Å². The maximum atomic E-state index is 13.3. The Bertz CT molecular complexity index is 1580. The lowest BCUT2D eigenvalue weighted by Crippen LogP contribution is -2.44. The van der Waals surface area contributed by atoms with E-state index < -0.39 is 9.84 Å². The minimum atomic E-state index is -3.32. The van der Waals surface area contributed by atoms with Crippen LogP contribution in [0.2, 0.25) is 0 Å². The van der Waals surface area contributed by atoms with E-state index in [0.29, 0.717) is 17.8 Å². The number of aromatic nitrogens is 5. The van der Waals surface area contributed by atoms with Crippen LogP contribution in [0.4, 0.5) is 0 Å². The molecule has 1 saturated heterocycles. The minimum absolute atomic E-state index is 0.165. The molecule has 10 nitrogen and oxygen atoms in total. The highest BCUT2D eigenvalue weighted by molar-refractivity contribution is 7.90. The van der Waals surface area contributed by atoms with Crippen molar-refractivity contribution in [3.8, 4) is 0 Å². The van der Waals surface area contributed by atoms with Crippen LogP contribution < -0.4 is 5.69 Å². The number of morpholine rings is 1. The molecule has 0 aliphatic carbocycles. The molecule has 0 bridgehead atoms. The van der Waals surface area contributed by atoms with Gasteiger partial charge in [-0.2, -0.15) is 9.61 Å². The van der Waals surface area contributed by atoms with Gasteiger partial charge < -0.3 is 4.74 Å². The maximum absolute atomic E-state index is 13.3. The minimum Gasteiger partial charge on any atom is -0.373 e. The Kier molecular flexibility index (Phi) is 5.94. The Labute approximate surface area is 203 Å². The molecule has 1 aliphatic rings. The van der Waals surface area contributed by atoms with Crippen LogP contribution in [-0.4, -0.2) is 69.0 Å². The molecule has 1 aromatic carbocycles. The number of rotatable bonds is 5. The van der Waals surface area contributed by atoms with Crippen LogP contribution in [0.5, 0.6) is 0 Å². The summed E-state index contributed by atoms with van der Waals surface area (Å²) in [5, 5.41) is 4.88. The zero-order valence-electron chi connectivity index (χ0n) is 20.2. The first-order chi connectivity index (χ1) is 16.6. The summed E-state index contributed by atoms with van der Waals surface area (Å²) in [6, 6.07) is 6.95. The zero-order chi connectivity index (χ0) is 24.9. The summed E-state index contributed by atoms with van der Waals surface area (Å²) in [7, 11) is -3.32. The molecule has 0 radical (unpaired) electrons. The van der Waals surface area contributed by atoms with Crippen molar-refractivity contribution in [2.24, 2.45) is 0 Å². The Balaban J connectivity index is 1.57. The summed E-state index contributed by atoms with van der Waals surface area (Å²) < 4.78 is 32.5. The van der Waals surface area contributed by atoms with Gasteiger partial charge in [0.25, 0.3) is 0 Å². The Morgan fingerprint density at radius 3 is 2.49 bits per heavy atom. The second kappa shape index (κ2) is 8.81. The van der Waals surface area contributed by atoms with Gasteiger partial charge in [-0.05, 0) is 55.7 Å². The van der Waals surface area contributed by atoms with Crippen molar-refractivity contribution < 1.29 is 13.2 Å². The van der Waals surface area contributed by atoms with Gasteiger partial charge >= 0.3 is 5.69 Å². The molecule has 2 atom stereocenters. The molecule has 3 aromatic heterocycles. The summed E-state index contributed by atoms with van der Waals surface area (Å²) in [5.41, 5.74) is 3.23. The summed E-state index contributed by atoms with van der Waals surface area (Å²) in [5.74, 6) is 0. The predicted molar refractivity (Wildman–Crippen MR) is 131 cm³/mol. The molecule has 4 heterocycles. The summed E-state index contributed by atoms with van der Waals surface area (Å²) in [6.45, 7) is 8.60. The number of fused-ring (bicyclic) bond motifs is 3. The van der Waals surface area contributed by atoms with Crippen LogP contribution in [0.15, 0.2) is 46.5 Å². The molecule has 184 valence electrons. The third-order valence-electron chi connectivity index (χ3n) is 6.35. The van der Waals surface area contributed by atoms with E-state index in [1.165, 1.54) is 17.1 Å². The second-order valence-electron chi connectivity index (χ2n) is 9.39. The van der Waals surface area contributed by atoms with Crippen molar-refractivity contribution in [1.29, 1.82) is 0 Å². The highest BCUT2D eigenvalue weighted by Gasteiger charge is 2.23. The quantitative estimate of drug-likeness (QED) is 0.411. The van der Waals surface area contributed by atoms with Crippen molar-refractivity contribution in [3.63, 3.8) is 0 Å². The molecular formula is C24H28N6O4S. The SMILES string of the molecule is Cc1cc(S(C)(=O)=O)ccc1Cn1c(=O)n2ncnc2c2cc(CN3C[C@@H](C)O[C@@H](C)C3)cnc21. The van der Waals surface area contributed by atoms with Crippen LogP contribution in [-0.2, 0) is 27.7 Å². The molecule has 4 aromatic rings. The molecule has 0 amide bonds. The highest BCUT2D eigenvalue weighted by Crippen LogP contribution is 2.22. The third kappa shape index (κ3) is 4.58. The van der Waals surface area contributed by atoms with Crippen LogP contribution in [0, 0.1) is 6.92 Å². The Hall–Kier alpha value is -3.15. The number of aryl methyl sites for hydroxylation is 1. The Morgan fingerprint density at radius 2 is 1.80 bits per heavy atom. The second-order valence-corrected chi connectivity index (χ2v) is 11.4. The Morgan fingerprint density at radius 1 is 1.06 bits per heavy atom. The van der Waals surface area contributed by atoms with Gasteiger partial charge in [-0.1, -0.05) is 6.07 Å². The molecule has 0 saturated carbocycles. The van der Waals surface area contributed by atoms with Crippen molar-refractivity contribution in [1.82, 2.24) is 29.0 Å². The van der Waals surface area contributed by atoms with Crippen LogP contribution in [0.3, 0.4) is 0 Å². The standard InChI is InChI=1S/C24H28N6O4S/c1-15-7-20(35(4,32)33)6-5-19(15)13-29-22-21(23-26-14-27-30(23)24(29)31)8-18(9-25-22)12-28-10-16(2)34-17(3)11-28/h5-9,14,16-17H,10-13H2,1-4H3/t16-,17+. The number of ether oxygens (including phenoxy) is 1. The van der Waals surface area contributed by atoms with Gasteiger partial charge in [0, 0.05) is 32.1 Å². The zero-order valence-corrected chi connectivity index (χ0v) is 21.0. The van der Waals surface area contributed by atoms with Gasteiger partial charge in [0.15, 0.2) is 15.5 Å². The number of sulfone groups is 1. The van der Waals surface area contributed by atoms with E-state index in [0.717, 1.165) is 35.2 Å². The van der Waals surface area contributed by atoms with Crippen LogP contribution in [0.1, 0.15) is 30.5 Å². The van der Waals surface area contributed by atoms with Gasteiger partial charge in [-0.15, -0.1) is 0 Å². The molecule has 35 heavy (non-hydrogen) atoms. The van der Waals surface area contributed by atoms with E-state index in [9.17, 15) is 13.2 Å². The largest absolute Gasteiger partial charge is 0.373 e. The lowest BCUT2D eigenvalue weighted by molar-refractivity contribution is -0.0705. The van der Waals surface area contributed by atoms with E-state index in [2.05, 4.69) is 33.8 Å². The van der Waals surface area contributed by atoms with Gasteiger partial charge in [0.1, 0.15) is 12.0 Å². The third-order valence-corrected chi connectivity index (χ3v) is 7.46. The molecule has 0 N–H and O–H groups in total. The van der Waals surface area contributed by atoms with E-state index >= 15 is 0 Å². The van der Waals surface area contributed by atoms with E-state index in [-0.39, 0.29) is 29.3 Å². The van der Waals surface area contributed by atoms with Crippen molar-refractivity contribution >= 4 is 26.5 Å². The molecule has 5 rings (SSSR count). The summed E-state index contributed by atoms with van der Waals surface area (Å²) in [4.78, 5) is 24.9. The van der Waals surface area contributed by atoms with E-state index in [1.54, 1.807) is 29.0 Å². The first-order valence-electron chi connectivity index (χ1n) is 11.5. The van der Waals surface area contributed by atoms with Gasteiger partial charge in [-0.3, -0.25) is 9.47 Å². The van der Waals surface area contributed by atoms with Crippen molar-refractivity contribution in [2.75, 3.05) is 19.3 Å². The average molecular weight is 497 g/mol. The average Bonchev–Trinajstić information content (AvgIpc) is 3.27. The van der Waals surface area contributed by atoms with Crippen LogP contribution >= 0.6 is 0 Å². The van der Waals surface area contributed by atoms with Gasteiger partial charge in [0.05, 0.1) is 29.0 Å². The van der Waals surface area contributed by atoms with Crippen molar-refractivity contribution in [3.05, 3.63) is 64.0 Å². The first kappa shape index (κ1) is 23.6. The van der Waals surface area contributed by atoms with E-state index in [1.807, 2.05) is 13.0 Å². The highest BCUT2D eigenvalue weighted by atomic mass is 32.2. The lowest BCUT2D eigenvalue weighted by Gasteiger charge is -2.35. The fourth-order valence-corrected chi connectivity index (χ4v) is 5.50. The summed E-state index contributed by atoms with van der Waals surface area (Å²) in [6.07, 6.45) is 4.67. The smallest absolute Gasteiger partial charge is 0.352 e. The first-order valence-corrected chi connectivity index (χ1v) is 13.4. The fourth-order valence-electron chi connectivity index (χ4n) is 4.80. The molecule has 11 heteroatoms. The normalized spacial score (nSPS) is 19.5. The maximum Gasteiger partial charge on any atom is 0.352 e. The topological polar surface area (TPSA) is 112 Å². The fraction of sp³-hybridized carbons (Fsp3) is 0.417. The summed E-state index contributed by atoms with van der Waals surface area (Å²) >= 11 is 0. The van der Waals surface area contributed by atoms with Gasteiger partial charge in [0.2, 0.25) is 0 Å². The molecular weight excluding hydrogens is 468 g/mol. The van der Waals surface area contributed by atoms with Gasteiger partial charge in [-0.25, -0.2) is 23.2 Å². The number of hydrogen-bond donors (Lipinski definition) is 0. The molecule has 1 fully saturated rings. The molecule has 1 aliphatic heterocycles. The number of pyridine rings is 1.